The van der Waals surface area contributed by atoms with E-state index in [1.165, 1.54) is 0 Å². The summed E-state index contributed by atoms with van der Waals surface area (Å²) >= 11 is 0. The van der Waals surface area contributed by atoms with E-state index in [2.05, 4.69) is 5.32 Å². The minimum atomic E-state index is -1.06. The van der Waals surface area contributed by atoms with E-state index in [0.29, 0.717) is 50.6 Å². The van der Waals surface area contributed by atoms with Gasteiger partial charge in [0, 0.05) is 18.7 Å². The van der Waals surface area contributed by atoms with Crippen molar-refractivity contribution in [2.45, 2.75) is 31.8 Å². The molecule has 2 aliphatic heterocycles. The maximum absolute atomic E-state index is 13.3. The quantitative estimate of drug-likeness (QED) is 0.728. The van der Waals surface area contributed by atoms with Gasteiger partial charge in [0.15, 0.2) is 11.5 Å². The molecule has 166 valence electrons. The van der Waals surface area contributed by atoms with E-state index in [-0.39, 0.29) is 18.4 Å². The van der Waals surface area contributed by atoms with Crippen LogP contribution in [-0.4, -0.2) is 53.9 Å². The molecule has 1 fully saturated rings. The van der Waals surface area contributed by atoms with Gasteiger partial charge >= 0.3 is 6.03 Å². The highest BCUT2D eigenvalue weighted by molar-refractivity contribution is 6.09. The molecule has 1 atom stereocenters. The van der Waals surface area contributed by atoms with Crippen molar-refractivity contribution in [1.29, 1.82) is 0 Å². The monoisotopic (exact) mass is 435 g/mol. The van der Waals surface area contributed by atoms with Crippen LogP contribution in [-0.2, 0) is 28.1 Å². The molecule has 1 spiro atoms. The van der Waals surface area contributed by atoms with Crippen molar-refractivity contribution in [2.75, 3.05) is 26.3 Å². The highest BCUT2D eigenvalue weighted by Crippen LogP contribution is 2.41. The van der Waals surface area contributed by atoms with Gasteiger partial charge in [0.1, 0.15) is 25.3 Å². The van der Waals surface area contributed by atoms with Gasteiger partial charge in [0.2, 0.25) is 5.91 Å². The number of imide groups is 1. The van der Waals surface area contributed by atoms with Crippen molar-refractivity contribution in [1.82, 2.24) is 15.1 Å². The van der Waals surface area contributed by atoms with Crippen molar-refractivity contribution in [3.8, 4) is 11.5 Å². The highest BCUT2D eigenvalue weighted by atomic mass is 16.6. The van der Waals surface area contributed by atoms with Crippen LogP contribution >= 0.6 is 0 Å². The molecular formula is C24H25N3O5. The van der Waals surface area contributed by atoms with Crippen LogP contribution in [0.5, 0.6) is 11.5 Å². The third-order valence-corrected chi connectivity index (χ3v) is 6.46. The van der Waals surface area contributed by atoms with Crippen LogP contribution in [0.1, 0.15) is 30.0 Å². The van der Waals surface area contributed by atoms with Gasteiger partial charge in [0.05, 0.1) is 0 Å². The lowest BCUT2D eigenvalue weighted by Crippen LogP contribution is -2.44. The number of carbonyl (C=O) groups excluding carboxylic acids is 3. The van der Waals surface area contributed by atoms with Gasteiger partial charge in [-0.15, -0.1) is 0 Å². The zero-order valence-electron chi connectivity index (χ0n) is 17.9. The number of hydrogen-bond acceptors (Lipinski definition) is 5. The summed E-state index contributed by atoms with van der Waals surface area (Å²) in [4.78, 5) is 41.9. The van der Waals surface area contributed by atoms with E-state index in [1.807, 2.05) is 49.4 Å². The van der Waals surface area contributed by atoms with Gasteiger partial charge in [-0.25, -0.2) is 4.79 Å². The molecule has 0 radical (unpaired) electrons. The average Bonchev–Trinajstić information content (AvgIpc) is 3.30. The van der Waals surface area contributed by atoms with Crippen molar-refractivity contribution in [3.05, 3.63) is 59.2 Å². The number of nitrogens with one attached hydrogen (secondary N) is 1. The fourth-order valence-corrected chi connectivity index (χ4v) is 4.81. The van der Waals surface area contributed by atoms with Gasteiger partial charge in [0.25, 0.3) is 5.91 Å². The lowest BCUT2D eigenvalue weighted by Gasteiger charge is -2.27. The number of carbonyl (C=O) groups is 3. The fraction of sp³-hybridized carbons (Fsp3) is 0.375. The molecule has 1 aliphatic carbocycles. The Labute approximate surface area is 186 Å². The standard InChI is InChI=1S/C24H25N3O5/c1-2-26(14-17-7-5-9-19-21(17)32-13-12-31-19)20(28)15-27-22(29)24(25-23(27)30)11-10-16-6-3-4-8-18(16)24/h3-9H,2,10-15H2,1H3,(H,25,30). The third-order valence-electron chi connectivity index (χ3n) is 6.46. The molecule has 4 amide bonds. The summed E-state index contributed by atoms with van der Waals surface area (Å²) in [6.45, 7) is 3.25. The Balaban J connectivity index is 1.33. The summed E-state index contributed by atoms with van der Waals surface area (Å²) in [6.07, 6.45) is 1.22. The summed E-state index contributed by atoms with van der Waals surface area (Å²) < 4.78 is 11.4. The largest absolute Gasteiger partial charge is 0.486 e. The summed E-state index contributed by atoms with van der Waals surface area (Å²) in [6, 6.07) is 12.7. The molecule has 0 bridgehead atoms. The number of ether oxygens (including phenoxy) is 2. The van der Waals surface area contributed by atoms with E-state index in [0.717, 1.165) is 21.6 Å². The summed E-state index contributed by atoms with van der Waals surface area (Å²) in [5, 5.41) is 2.87. The molecule has 1 N–H and O–H groups in total. The maximum atomic E-state index is 13.3. The molecule has 0 aromatic heterocycles. The predicted molar refractivity (Wildman–Crippen MR) is 115 cm³/mol. The second-order valence-corrected chi connectivity index (χ2v) is 8.23. The van der Waals surface area contributed by atoms with E-state index in [1.54, 1.807) is 4.90 Å². The van der Waals surface area contributed by atoms with Crippen LogP contribution in [0.2, 0.25) is 0 Å². The van der Waals surface area contributed by atoms with Gasteiger partial charge in [-0.3, -0.25) is 14.5 Å². The number of benzene rings is 2. The minimum Gasteiger partial charge on any atom is -0.486 e. The molecule has 2 heterocycles. The van der Waals surface area contributed by atoms with E-state index < -0.39 is 11.6 Å². The second kappa shape index (κ2) is 7.85. The Hall–Kier alpha value is -3.55. The lowest BCUT2D eigenvalue weighted by atomic mass is 9.92. The summed E-state index contributed by atoms with van der Waals surface area (Å²) in [7, 11) is 0. The second-order valence-electron chi connectivity index (χ2n) is 8.23. The SMILES string of the molecule is CCN(Cc1cccc2c1OCCO2)C(=O)CN1C(=O)NC2(CCc3ccccc32)C1=O. The Bertz CT molecular complexity index is 1100. The first-order valence-corrected chi connectivity index (χ1v) is 10.9. The number of likely N-dealkylation sites (N-methyl/N-ethyl adjacent to an activating group) is 1. The number of rotatable bonds is 5. The smallest absolute Gasteiger partial charge is 0.325 e. The van der Waals surface area contributed by atoms with Crippen molar-refractivity contribution in [3.63, 3.8) is 0 Å². The Morgan fingerprint density at radius 3 is 2.78 bits per heavy atom. The van der Waals surface area contributed by atoms with Gasteiger partial charge < -0.3 is 19.7 Å². The molecular weight excluding hydrogens is 410 g/mol. The first kappa shape index (κ1) is 20.4. The van der Waals surface area contributed by atoms with Crippen LogP contribution in [0, 0.1) is 0 Å². The highest BCUT2D eigenvalue weighted by Gasteiger charge is 2.55. The molecule has 32 heavy (non-hydrogen) atoms. The van der Waals surface area contributed by atoms with Crippen LogP contribution in [0.3, 0.4) is 0 Å². The van der Waals surface area contributed by atoms with Crippen LogP contribution in [0.4, 0.5) is 4.79 Å². The summed E-state index contributed by atoms with van der Waals surface area (Å²) in [5.41, 5.74) is 1.65. The number of para-hydroxylation sites is 1. The number of hydrogen-bond donors (Lipinski definition) is 1. The first-order chi connectivity index (χ1) is 15.5. The Morgan fingerprint density at radius 1 is 1.12 bits per heavy atom. The molecule has 2 aromatic carbocycles. The number of urea groups is 1. The topological polar surface area (TPSA) is 88.2 Å². The van der Waals surface area contributed by atoms with E-state index in [9.17, 15) is 14.4 Å². The zero-order chi connectivity index (χ0) is 22.3. The van der Waals surface area contributed by atoms with Gasteiger partial charge in [-0.05, 0) is 37.0 Å². The molecule has 5 rings (SSSR count). The normalized spacial score (nSPS) is 21.0. The van der Waals surface area contributed by atoms with Crippen molar-refractivity contribution < 1.29 is 23.9 Å². The number of nitrogens with zero attached hydrogens (tertiary/aromatic N) is 2. The van der Waals surface area contributed by atoms with E-state index >= 15 is 0 Å². The number of aryl methyl sites for hydroxylation is 1. The van der Waals surface area contributed by atoms with Crippen LogP contribution in [0.15, 0.2) is 42.5 Å². The number of fused-ring (bicyclic) bond motifs is 3. The van der Waals surface area contributed by atoms with Crippen LogP contribution < -0.4 is 14.8 Å². The number of amides is 4. The Kier molecular flexibility index (Phi) is 5.00. The van der Waals surface area contributed by atoms with Gasteiger partial charge in [-0.1, -0.05) is 36.4 Å². The predicted octanol–water partition coefficient (Wildman–Crippen LogP) is 2.20. The fourth-order valence-electron chi connectivity index (χ4n) is 4.81. The van der Waals surface area contributed by atoms with E-state index in [4.69, 9.17) is 9.47 Å². The zero-order valence-corrected chi connectivity index (χ0v) is 17.9. The lowest BCUT2D eigenvalue weighted by molar-refractivity contribution is -0.139. The van der Waals surface area contributed by atoms with Crippen molar-refractivity contribution >= 4 is 17.8 Å². The molecule has 1 unspecified atom stereocenters. The summed E-state index contributed by atoms with van der Waals surface area (Å²) in [5.74, 6) is 0.647. The van der Waals surface area contributed by atoms with Crippen LogP contribution in [0.25, 0.3) is 0 Å². The molecule has 3 aliphatic rings. The minimum absolute atomic E-state index is 0.297. The maximum Gasteiger partial charge on any atom is 0.325 e. The molecule has 8 heteroatoms. The van der Waals surface area contributed by atoms with Crippen molar-refractivity contribution in [2.24, 2.45) is 0 Å². The third kappa shape index (κ3) is 3.18. The molecule has 8 nitrogen and oxygen atoms in total. The average molecular weight is 435 g/mol. The van der Waals surface area contributed by atoms with Gasteiger partial charge in [-0.2, -0.15) is 0 Å². The first-order valence-electron chi connectivity index (χ1n) is 10.9. The molecule has 2 aromatic rings. The molecule has 1 saturated heterocycles. The Morgan fingerprint density at radius 2 is 1.94 bits per heavy atom. The molecule has 0 saturated carbocycles.